The van der Waals surface area contributed by atoms with Crippen molar-refractivity contribution in [2.45, 2.75) is 0 Å². The first-order valence-corrected chi connectivity index (χ1v) is 8.49. The van der Waals surface area contributed by atoms with Gasteiger partial charge in [0.2, 0.25) is 0 Å². The van der Waals surface area contributed by atoms with Gasteiger partial charge < -0.3 is 18.1 Å². The molecular formula is C11H9Cl2Mg. The molecule has 0 aromatic heterocycles. The number of fused-ring (bicyclic) bond motifs is 1. The molecule has 0 fully saturated rings. The molecule has 0 heterocycles. The zero-order valence-corrected chi connectivity index (χ0v) is 10.6. The highest BCUT2D eigenvalue weighted by molar-refractivity contribution is 7.22. The van der Waals surface area contributed by atoms with E-state index in [4.69, 9.17) is 18.1 Å². The molecule has 0 aliphatic rings. The van der Waals surface area contributed by atoms with E-state index >= 15 is 0 Å². The van der Waals surface area contributed by atoms with Crippen molar-refractivity contribution in [1.82, 2.24) is 0 Å². The van der Waals surface area contributed by atoms with Crippen molar-refractivity contribution in [1.29, 1.82) is 0 Å². The van der Waals surface area contributed by atoms with E-state index in [0.29, 0.717) is 0 Å². The van der Waals surface area contributed by atoms with Crippen LogP contribution in [0.4, 0.5) is 0 Å². The molecule has 2 aromatic carbocycles. The summed E-state index contributed by atoms with van der Waals surface area (Å²) in [6.45, 7) is 3.95. The van der Waals surface area contributed by atoms with E-state index in [1.165, 1.54) is 10.8 Å². The summed E-state index contributed by atoms with van der Waals surface area (Å²) in [5, 5.41) is 2.51. The summed E-state index contributed by atoms with van der Waals surface area (Å²) in [4.78, 5) is 0. The topological polar surface area (TPSA) is 0 Å². The van der Waals surface area contributed by atoms with Crippen LogP contribution in [0, 0.1) is 6.92 Å². The lowest BCUT2D eigenvalue weighted by Crippen LogP contribution is -1.75. The first-order chi connectivity index (χ1) is 6.79. The fraction of sp³-hybridized carbons (Fsp3) is 0. The number of halogens is 2. The lowest BCUT2D eigenvalue weighted by molar-refractivity contribution is 1.68. The summed E-state index contributed by atoms with van der Waals surface area (Å²) in [5.74, 6) is 0. The van der Waals surface area contributed by atoms with Gasteiger partial charge >= 0.3 is 18.2 Å². The van der Waals surface area contributed by atoms with E-state index in [1.807, 2.05) is 24.3 Å². The molecule has 0 saturated carbocycles. The minimum Gasteiger partial charge on any atom is -0.309 e. The van der Waals surface area contributed by atoms with Gasteiger partial charge in [-0.15, -0.1) is 0 Å². The maximum Gasteiger partial charge on any atom is 0.618 e. The van der Waals surface area contributed by atoms with Gasteiger partial charge in [-0.2, -0.15) is 0 Å². The summed E-state index contributed by atoms with van der Waals surface area (Å²) in [6.07, 6.45) is 0. The highest BCUT2D eigenvalue weighted by atomic mass is 35.6. The Hall–Kier alpha value is 0.0462. The van der Waals surface area contributed by atoms with E-state index in [0.717, 1.165) is 5.56 Å². The number of rotatable bonds is 0. The average Bonchev–Trinajstić information content (AvgIpc) is 2.20. The second-order valence-corrected chi connectivity index (χ2v) is 5.37. The maximum absolute atomic E-state index is 4.90. The molecule has 14 heavy (non-hydrogen) atoms. The van der Waals surface area contributed by atoms with Crippen molar-refractivity contribution >= 4 is 47.1 Å². The summed E-state index contributed by atoms with van der Waals surface area (Å²) < 4.78 is 0. The highest BCUT2D eigenvalue weighted by Gasteiger charge is 1.92. The van der Waals surface area contributed by atoms with Gasteiger partial charge in [-0.1, -0.05) is 42.5 Å². The van der Waals surface area contributed by atoms with Gasteiger partial charge in [-0.25, -0.2) is 0 Å². The third-order valence-electron chi connectivity index (χ3n) is 1.88. The van der Waals surface area contributed by atoms with Crippen LogP contribution in [0.25, 0.3) is 10.8 Å². The SMILES string of the molecule is [CH2]c1cccc2ccccc12.[Cl][Mg][Cl]. The Morgan fingerprint density at radius 2 is 1.50 bits per heavy atom. The third-order valence-corrected chi connectivity index (χ3v) is 1.88. The van der Waals surface area contributed by atoms with Gasteiger partial charge in [0.1, 0.15) is 0 Å². The maximum atomic E-state index is 4.90. The second-order valence-electron chi connectivity index (χ2n) is 2.74. The van der Waals surface area contributed by atoms with Gasteiger partial charge in [0.05, 0.1) is 0 Å². The first-order valence-electron chi connectivity index (χ1n) is 4.21. The Bertz CT molecular complexity index is 396. The molecule has 0 spiro atoms. The highest BCUT2D eigenvalue weighted by Crippen LogP contribution is 2.16. The van der Waals surface area contributed by atoms with E-state index in [2.05, 4.69) is 25.1 Å². The minimum atomic E-state index is -0.639. The molecule has 0 saturated heterocycles. The van der Waals surface area contributed by atoms with Crippen LogP contribution >= 0.6 is 18.1 Å². The van der Waals surface area contributed by atoms with E-state index in [1.54, 1.807) is 0 Å². The zero-order chi connectivity index (χ0) is 10.4. The van der Waals surface area contributed by atoms with Crippen LogP contribution in [-0.4, -0.2) is 18.2 Å². The normalized spacial score (nSPS) is 8.79. The molecule has 0 atom stereocenters. The van der Waals surface area contributed by atoms with Crippen LogP contribution in [-0.2, 0) is 0 Å². The zero-order valence-electron chi connectivity index (χ0n) is 7.71. The van der Waals surface area contributed by atoms with E-state index in [-0.39, 0.29) is 0 Å². The van der Waals surface area contributed by atoms with Crippen molar-refractivity contribution in [2.75, 3.05) is 0 Å². The predicted octanol–water partition coefficient (Wildman–Crippen LogP) is 4.02. The summed E-state index contributed by atoms with van der Waals surface area (Å²) >= 11 is -0.639. The monoisotopic (exact) mass is 235 g/mol. The quantitative estimate of drug-likeness (QED) is 0.606. The first kappa shape index (κ1) is 12.1. The molecule has 0 aliphatic carbocycles. The number of hydrogen-bond acceptors (Lipinski definition) is 0. The number of hydrogen-bond donors (Lipinski definition) is 0. The van der Waals surface area contributed by atoms with Crippen LogP contribution in [0.5, 0.6) is 0 Å². The van der Waals surface area contributed by atoms with Crippen molar-refractivity contribution in [2.24, 2.45) is 0 Å². The van der Waals surface area contributed by atoms with Gasteiger partial charge in [-0.3, -0.25) is 0 Å². The van der Waals surface area contributed by atoms with Crippen LogP contribution < -0.4 is 0 Å². The smallest absolute Gasteiger partial charge is 0.309 e. The molecule has 0 unspecified atom stereocenters. The fourth-order valence-electron chi connectivity index (χ4n) is 1.29. The van der Waals surface area contributed by atoms with Gasteiger partial charge in [-0.05, 0) is 23.3 Å². The van der Waals surface area contributed by atoms with E-state index in [9.17, 15) is 0 Å². The fourth-order valence-corrected chi connectivity index (χ4v) is 1.29. The Labute approximate surface area is 101 Å². The Morgan fingerprint density at radius 3 is 2.14 bits per heavy atom. The van der Waals surface area contributed by atoms with Gasteiger partial charge in [0.15, 0.2) is 0 Å². The standard InChI is InChI=1S/C11H9.2ClH.Mg/c1-9-5-4-7-10-6-2-3-8-11(9)10;;;/h2-8H,1H2;2*1H;/q;;;+2/p-2. The van der Waals surface area contributed by atoms with Crippen molar-refractivity contribution < 1.29 is 0 Å². The Kier molecular flexibility index (Phi) is 5.64. The molecule has 3 heteroatoms. The average molecular weight is 236 g/mol. The molecule has 0 nitrogen and oxygen atoms in total. The molecule has 2 rings (SSSR count). The lowest BCUT2D eigenvalue weighted by Gasteiger charge is -1.98. The summed E-state index contributed by atoms with van der Waals surface area (Å²) in [7, 11) is 9.81. The Morgan fingerprint density at radius 1 is 0.929 bits per heavy atom. The Balaban J connectivity index is 0.000000293. The molecular weight excluding hydrogens is 227 g/mol. The molecule has 0 bridgehead atoms. The molecule has 0 aliphatic heterocycles. The second kappa shape index (κ2) is 6.52. The van der Waals surface area contributed by atoms with Crippen molar-refractivity contribution in [3.05, 3.63) is 55.0 Å². The summed E-state index contributed by atoms with van der Waals surface area (Å²) in [6, 6.07) is 14.4. The summed E-state index contributed by atoms with van der Waals surface area (Å²) in [5.41, 5.74) is 1.10. The minimum absolute atomic E-state index is 0.639. The third kappa shape index (κ3) is 3.32. The number of benzene rings is 2. The molecule has 1 radical (unpaired) electrons. The molecule has 0 N–H and O–H groups in total. The molecule has 2 aromatic rings. The molecule has 0 amide bonds. The van der Waals surface area contributed by atoms with Crippen LogP contribution in [0.2, 0.25) is 0 Å². The van der Waals surface area contributed by atoms with Crippen LogP contribution in [0.3, 0.4) is 0 Å². The van der Waals surface area contributed by atoms with Gasteiger partial charge in [0.25, 0.3) is 0 Å². The predicted molar refractivity (Wildman–Crippen MR) is 65.9 cm³/mol. The van der Waals surface area contributed by atoms with Crippen LogP contribution in [0.1, 0.15) is 5.56 Å². The van der Waals surface area contributed by atoms with E-state index < -0.39 is 18.2 Å². The lowest BCUT2D eigenvalue weighted by atomic mass is 10.1. The van der Waals surface area contributed by atoms with Crippen molar-refractivity contribution in [3.63, 3.8) is 0 Å². The van der Waals surface area contributed by atoms with Crippen LogP contribution in [0.15, 0.2) is 42.5 Å². The largest absolute Gasteiger partial charge is 0.618 e. The van der Waals surface area contributed by atoms with Gasteiger partial charge in [0, 0.05) is 0 Å². The van der Waals surface area contributed by atoms with Crippen molar-refractivity contribution in [3.8, 4) is 0 Å². The molecule has 69 valence electrons.